The molecule has 4 aromatic rings. The van der Waals surface area contributed by atoms with E-state index in [1.807, 2.05) is 25.1 Å². The Morgan fingerprint density at radius 2 is 2.09 bits per heavy atom. The smallest absolute Gasteiger partial charge is 0.215 e. The van der Waals surface area contributed by atoms with Crippen molar-refractivity contribution in [1.82, 2.24) is 30.2 Å². The third kappa shape index (κ3) is 4.03. The molecule has 0 aliphatic carbocycles. The van der Waals surface area contributed by atoms with Gasteiger partial charge < -0.3 is 14.2 Å². The third-order valence-corrected chi connectivity index (χ3v) is 7.13. The molecule has 0 amide bonds. The number of benzene rings is 1. The molecule has 0 N–H and O–H groups in total. The fourth-order valence-corrected chi connectivity index (χ4v) is 5.76. The molecular weight excluding hydrogens is 448 g/mol. The number of aryl methyl sites for hydroxylation is 1. The molecule has 9 nitrogen and oxygen atoms in total. The summed E-state index contributed by atoms with van der Waals surface area (Å²) in [6.45, 7) is 3.33. The molecule has 1 aliphatic rings. The number of fused-ring (bicyclic) bond motifs is 1. The van der Waals surface area contributed by atoms with Crippen LogP contribution >= 0.6 is 23.1 Å². The van der Waals surface area contributed by atoms with Crippen molar-refractivity contribution >= 4 is 33.3 Å². The van der Waals surface area contributed by atoms with Crippen LogP contribution in [-0.4, -0.2) is 57.1 Å². The Balaban J connectivity index is 1.55. The van der Waals surface area contributed by atoms with E-state index in [0.717, 1.165) is 45.8 Å². The van der Waals surface area contributed by atoms with Crippen molar-refractivity contribution < 1.29 is 14.2 Å². The molecule has 166 valence electrons. The van der Waals surface area contributed by atoms with Gasteiger partial charge in [0.1, 0.15) is 15.7 Å². The maximum Gasteiger partial charge on any atom is 0.215 e. The minimum absolute atomic E-state index is 0.147. The Labute approximate surface area is 193 Å². The molecular formula is C21H22N6O3S2. The van der Waals surface area contributed by atoms with Crippen molar-refractivity contribution in [1.29, 1.82) is 0 Å². The summed E-state index contributed by atoms with van der Waals surface area (Å²) < 4.78 is 18.4. The van der Waals surface area contributed by atoms with Crippen LogP contribution in [0, 0.1) is 6.92 Å². The van der Waals surface area contributed by atoms with Crippen LogP contribution in [0.25, 0.3) is 21.3 Å². The summed E-state index contributed by atoms with van der Waals surface area (Å²) in [6, 6.07) is 5.89. The number of ether oxygens (including phenoxy) is 3. The van der Waals surface area contributed by atoms with Crippen LogP contribution in [0.15, 0.2) is 33.8 Å². The minimum atomic E-state index is 0.147. The standard InChI is InChI=1S/C21H22N6O3S2/c1-12-22-19-18(15(11-31-19)13-6-7-16(28-2)17(9-13)29-3)20(23-12)32-21-24-25-26-27(21)10-14-5-4-8-30-14/h6-7,9,11,14H,4-5,8,10H2,1-3H3. The van der Waals surface area contributed by atoms with Crippen LogP contribution < -0.4 is 9.47 Å². The Kier molecular flexibility index (Phi) is 5.94. The van der Waals surface area contributed by atoms with E-state index in [0.29, 0.717) is 29.0 Å². The molecule has 3 aromatic heterocycles. The molecule has 0 saturated carbocycles. The van der Waals surface area contributed by atoms with Gasteiger partial charge in [-0.15, -0.1) is 16.4 Å². The lowest BCUT2D eigenvalue weighted by Gasteiger charge is -2.11. The van der Waals surface area contributed by atoms with Crippen molar-refractivity contribution in [2.24, 2.45) is 0 Å². The second-order valence-electron chi connectivity index (χ2n) is 7.36. The number of nitrogens with zero attached hydrogens (tertiary/aromatic N) is 6. The number of thiophene rings is 1. The maximum atomic E-state index is 5.75. The summed E-state index contributed by atoms with van der Waals surface area (Å²) in [5.74, 6) is 2.07. The van der Waals surface area contributed by atoms with Gasteiger partial charge in [0.05, 0.1) is 32.3 Å². The third-order valence-electron chi connectivity index (χ3n) is 5.29. The first kappa shape index (κ1) is 21.1. The molecule has 32 heavy (non-hydrogen) atoms. The first-order chi connectivity index (χ1) is 15.7. The van der Waals surface area contributed by atoms with Crippen LogP contribution in [0.1, 0.15) is 18.7 Å². The highest BCUT2D eigenvalue weighted by Gasteiger charge is 2.22. The average molecular weight is 471 g/mol. The van der Waals surface area contributed by atoms with Crippen LogP contribution in [0.3, 0.4) is 0 Å². The molecule has 5 rings (SSSR count). The molecule has 4 heterocycles. The number of tetrazole rings is 1. The second kappa shape index (κ2) is 9.00. The summed E-state index contributed by atoms with van der Waals surface area (Å²) in [4.78, 5) is 10.3. The van der Waals surface area contributed by atoms with Crippen LogP contribution in [0.4, 0.5) is 0 Å². The van der Waals surface area contributed by atoms with Crippen molar-refractivity contribution in [3.8, 4) is 22.6 Å². The summed E-state index contributed by atoms with van der Waals surface area (Å²) in [7, 11) is 3.26. The monoisotopic (exact) mass is 470 g/mol. The molecule has 1 aliphatic heterocycles. The fraction of sp³-hybridized carbons (Fsp3) is 0.381. The number of methoxy groups -OCH3 is 2. The number of aromatic nitrogens is 6. The topological polar surface area (TPSA) is 97.1 Å². The van der Waals surface area contributed by atoms with Gasteiger partial charge in [0.25, 0.3) is 0 Å². The zero-order chi connectivity index (χ0) is 22.1. The normalized spacial score (nSPS) is 16.0. The first-order valence-corrected chi connectivity index (χ1v) is 11.9. The van der Waals surface area contributed by atoms with Gasteiger partial charge in [-0.05, 0) is 59.7 Å². The predicted molar refractivity (Wildman–Crippen MR) is 122 cm³/mol. The minimum Gasteiger partial charge on any atom is -0.493 e. The highest BCUT2D eigenvalue weighted by atomic mass is 32.2. The van der Waals surface area contributed by atoms with Crippen molar-refractivity contribution in [3.05, 3.63) is 29.4 Å². The van der Waals surface area contributed by atoms with Gasteiger partial charge in [0.2, 0.25) is 5.16 Å². The maximum absolute atomic E-state index is 5.75. The SMILES string of the molecule is COc1ccc(-c2csc3nc(C)nc(Sc4nnnn4CC4CCCO4)c23)cc1OC. The van der Waals surface area contributed by atoms with E-state index in [9.17, 15) is 0 Å². The molecule has 1 atom stereocenters. The molecule has 1 saturated heterocycles. The van der Waals surface area contributed by atoms with Crippen LogP contribution in [0.2, 0.25) is 0 Å². The zero-order valence-electron chi connectivity index (χ0n) is 17.9. The Morgan fingerprint density at radius 3 is 2.88 bits per heavy atom. The van der Waals surface area contributed by atoms with Gasteiger partial charge in [-0.2, -0.15) is 0 Å². The van der Waals surface area contributed by atoms with Gasteiger partial charge >= 0.3 is 0 Å². The van der Waals surface area contributed by atoms with Crippen LogP contribution in [0.5, 0.6) is 11.5 Å². The second-order valence-corrected chi connectivity index (χ2v) is 9.17. The van der Waals surface area contributed by atoms with Gasteiger partial charge in [0.15, 0.2) is 11.5 Å². The lowest BCUT2D eigenvalue weighted by molar-refractivity contribution is 0.0912. The Morgan fingerprint density at radius 1 is 1.22 bits per heavy atom. The van der Waals surface area contributed by atoms with Gasteiger partial charge in [-0.1, -0.05) is 6.07 Å². The van der Waals surface area contributed by atoms with Gasteiger partial charge in [0, 0.05) is 17.6 Å². The highest BCUT2D eigenvalue weighted by Crippen LogP contribution is 2.42. The Bertz CT molecular complexity index is 1250. The van der Waals surface area contributed by atoms with Crippen molar-refractivity contribution in [2.75, 3.05) is 20.8 Å². The lowest BCUT2D eigenvalue weighted by Crippen LogP contribution is -2.16. The number of rotatable bonds is 7. The quantitative estimate of drug-likeness (QED) is 0.371. The zero-order valence-corrected chi connectivity index (χ0v) is 19.6. The average Bonchev–Trinajstić information content (AvgIpc) is 3.55. The predicted octanol–water partition coefficient (Wildman–Crippen LogP) is 4.00. The van der Waals surface area contributed by atoms with E-state index < -0.39 is 0 Å². The molecule has 1 unspecified atom stereocenters. The lowest BCUT2D eigenvalue weighted by atomic mass is 10.1. The molecule has 1 fully saturated rings. The molecule has 0 bridgehead atoms. The molecule has 1 aromatic carbocycles. The number of hydrogen-bond donors (Lipinski definition) is 0. The van der Waals surface area contributed by atoms with Gasteiger partial charge in [-0.3, -0.25) is 0 Å². The summed E-state index contributed by atoms with van der Waals surface area (Å²) in [5.41, 5.74) is 2.04. The highest BCUT2D eigenvalue weighted by molar-refractivity contribution is 7.99. The van der Waals surface area contributed by atoms with E-state index in [2.05, 4.69) is 25.9 Å². The van der Waals surface area contributed by atoms with E-state index in [-0.39, 0.29) is 6.10 Å². The fourth-order valence-electron chi connectivity index (χ4n) is 3.75. The van der Waals surface area contributed by atoms with E-state index in [1.165, 1.54) is 11.8 Å². The van der Waals surface area contributed by atoms with E-state index in [4.69, 9.17) is 19.2 Å². The van der Waals surface area contributed by atoms with Crippen molar-refractivity contribution in [2.45, 2.75) is 42.6 Å². The largest absolute Gasteiger partial charge is 0.493 e. The number of hydrogen-bond acceptors (Lipinski definition) is 10. The van der Waals surface area contributed by atoms with E-state index >= 15 is 0 Å². The van der Waals surface area contributed by atoms with Crippen molar-refractivity contribution in [3.63, 3.8) is 0 Å². The van der Waals surface area contributed by atoms with E-state index in [1.54, 1.807) is 30.2 Å². The molecule has 0 spiro atoms. The first-order valence-electron chi connectivity index (χ1n) is 10.2. The molecule has 11 heteroatoms. The molecule has 0 radical (unpaired) electrons. The summed E-state index contributed by atoms with van der Waals surface area (Å²) >= 11 is 3.04. The van der Waals surface area contributed by atoms with Crippen LogP contribution in [-0.2, 0) is 11.3 Å². The Hall–Kier alpha value is -2.76. The van der Waals surface area contributed by atoms with Gasteiger partial charge in [-0.25, -0.2) is 14.6 Å². The summed E-state index contributed by atoms with van der Waals surface area (Å²) in [6.07, 6.45) is 2.24. The summed E-state index contributed by atoms with van der Waals surface area (Å²) in [5, 5.41) is 16.9.